The number of amides is 1. The molecule has 0 aliphatic carbocycles. The maximum absolute atomic E-state index is 12.1. The predicted octanol–water partition coefficient (Wildman–Crippen LogP) is 3.02. The van der Waals surface area contributed by atoms with Crippen LogP contribution in [0.1, 0.15) is 51.1 Å². The van der Waals surface area contributed by atoms with E-state index in [1.807, 2.05) is 18.2 Å². The van der Waals surface area contributed by atoms with E-state index in [2.05, 4.69) is 22.3 Å². The van der Waals surface area contributed by atoms with Gasteiger partial charge in [0.25, 0.3) is 0 Å². The maximum Gasteiger partial charge on any atom is 0.248 e. The lowest BCUT2D eigenvalue weighted by Crippen LogP contribution is -2.31. The molecule has 1 aromatic heterocycles. The highest BCUT2D eigenvalue weighted by Gasteiger charge is 2.32. The SMILES string of the molecule is CCCCCCOc1ccc(C2C(C(N)=O)=C(C)Nc3ncnn32)cc1OC. The van der Waals surface area contributed by atoms with Crippen LogP contribution in [0.25, 0.3) is 0 Å². The fourth-order valence-corrected chi connectivity index (χ4v) is 3.40. The topological polar surface area (TPSA) is 104 Å². The first kappa shape index (κ1) is 19.7. The Morgan fingerprint density at radius 3 is 2.82 bits per heavy atom. The molecule has 1 atom stereocenters. The lowest BCUT2D eigenvalue weighted by molar-refractivity contribution is -0.115. The van der Waals surface area contributed by atoms with Crippen molar-refractivity contribution in [2.24, 2.45) is 5.73 Å². The number of methoxy groups -OCH3 is 1. The summed E-state index contributed by atoms with van der Waals surface area (Å²) < 4.78 is 13.1. The second-order valence-corrected chi connectivity index (χ2v) is 6.78. The van der Waals surface area contributed by atoms with Gasteiger partial charge in [-0.3, -0.25) is 4.79 Å². The van der Waals surface area contributed by atoms with Gasteiger partial charge in [-0.2, -0.15) is 10.1 Å². The number of nitrogens with one attached hydrogen (secondary N) is 1. The van der Waals surface area contributed by atoms with Crippen LogP contribution in [0, 0.1) is 0 Å². The lowest BCUT2D eigenvalue weighted by Gasteiger charge is -2.28. The Morgan fingerprint density at radius 2 is 2.11 bits per heavy atom. The van der Waals surface area contributed by atoms with Crippen molar-refractivity contribution in [2.75, 3.05) is 19.0 Å². The van der Waals surface area contributed by atoms with Crippen molar-refractivity contribution in [1.82, 2.24) is 14.8 Å². The maximum atomic E-state index is 12.1. The molecule has 8 nitrogen and oxygen atoms in total. The molecular formula is C20H27N5O3. The quantitative estimate of drug-likeness (QED) is 0.643. The molecule has 0 radical (unpaired) electrons. The molecule has 0 spiro atoms. The summed E-state index contributed by atoms with van der Waals surface area (Å²) >= 11 is 0. The zero-order valence-corrected chi connectivity index (χ0v) is 16.6. The van der Waals surface area contributed by atoms with E-state index >= 15 is 0 Å². The molecule has 28 heavy (non-hydrogen) atoms. The van der Waals surface area contributed by atoms with Gasteiger partial charge in [0.2, 0.25) is 11.9 Å². The first-order valence-electron chi connectivity index (χ1n) is 9.54. The van der Waals surface area contributed by atoms with Crippen molar-refractivity contribution in [2.45, 2.75) is 45.6 Å². The number of fused-ring (bicyclic) bond motifs is 1. The van der Waals surface area contributed by atoms with E-state index in [4.69, 9.17) is 15.2 Å². The van der Waals surface area contributed by atoms with E-state index in [-0.39, 0.29) is 0 Å². The van der Waals surface area contributed by atoms with Crippen LogP contribution in [0.15, 0.2) is 35.8 Å². The van der Waals surface area contributed by atoms with Crippen LogP contribution in [-0.4, -0.2) is 34.4 Å². The van der Waals surface area contributed by atoms with Crippen molar-refractivity contribution in [3.8, 4) is 11.5 Å². The molecule has 3 N–H and O–H groups in total. The van der Waals surface area contributed by atoms with Crippen LogP contribution in [0.3, 0.4) is 0 Å². The number of benzene rings is 1. The van der Waals surface area contributed by atoms with E-state index in [1.54, 1.807) is 18.7 Å². The summed E-state index contributed by atoms with van der Waals surface area (Å²) in [7, 11) is 1.60. The third-order valence-electron chi connectivity index (χ3n) is 4.82. The van der Waals surface area contributed by atoms with Crippen molar-refractivity contribution >= 4 is 11.9 Å². The molecule has 1 amide bonds. The van der Waals surface area contributed by atoms with Crippen molar-refractivity contribution in [3.63, 3.8) is 0 Å². The summed E-state index contributed by atoms with van der Waals surface area (Å²) in [4.78, 5) is 16.3. The van der Waals surface area contributed by atoms with Gasteiger partial charge in [-0.15, -0.1) is 0 Å². The molecule has 1 unspecified atom stereocenters. The average Bonchev–Trinajstić information content (AvgIpc) is 3.14. The van der Waals surface area contributed by atoms with Gasteiger partial charge < -0.3 is 20.5 Å². The van der Waals surface area contributed by atoms with Crippen LogP contribution in [-0.2, 0) is 4.79 Å². The highest BCUT2D eigenvalue weighted by molar-refractivity contribution is 5.95. The third-order valence-corrected chi connectivity index (χ3v) is 4.82. The summed E-state index contributed by atoms with van der Waals surface area (Å²) in [5.74, 6) is 1.33. The molecule has 2 aromatic rings. The minimum Gasteiger partial charge on any atom is -0.493 e. The minimum atomic E-state index is -0.508. The van der Waals surface area contributed by atoms with Gasteiger partial charge >= 0.3 is 0 Å². The molecule has 1 aliphatic heterocycles. The molecule has 8 heteroatoms. The molecule has 0 saturated heterocycles. The number of unbranched alkanes of at least 4 members (excludes halogenated alkanes) is 3. The van der Waals surface area contributed by atoms with Crippen molar-refractivity contribution in [3.05, 3.63) is 41.4 Å². The Kier molecular flexibility index (Phi) is 6.18. The Morgan fingerprint density at radius 1 is 1.29 bits per heavy atom. The number of hydrogen-bond donors (Lipinski definition) is 2. The van der Waals surface area contributed by atoms with Crippen LogP contribution in [0.5, 0.6) is 11.5 Å². The average molecular weight is 385 g/mol. The summed E-state index contributed by atoms with van der Waals surface area (Å²) in [6.07, 6.45) is 5.98. The lowest BCUT2D eigenvalue weighted by atomic mass is 9.95. The van der Waals surface area contributed by atoms with Gasteiger partial charge in [-0.1, -0.05) is 32.3 Å². The Labute approximate surface area is 164 Å². The molecule has 0 bridgehead atoms. The van der Waals surface area contributed by atoms with Gasteiger partial charge in [-0.25, -0.2) is 4.68 Å². The first-order valence-corrected chi connectivity index (χ1v) is 9.54. The van der Waals surface area contributed by atoms with E-state index in [0.29, 0.717) is 35.3 Å². The van der Waals surface area contributed by atoms with Gasteiger partial charge in [0.15, 0.2) is 11.5 Å². The number of carbonyl (C=O) groups is 1. The van der Waals surface area contributed by atoms with Crippen molar-refractivity contribution in [1.29, 1.82) is 0 Å². The van der Waals surface area contributed by atoms with Crippen molar-refractivity contribution < 1.29 is 14.3 Å². The number of aromatic nitrogens is 3. The number of hydrogen-bond acceptors (Lipinski definition) is 6. The fraction of sp³-hybridized carbons (Fsp3) is 0.450. The molecule has 1 aromatic carbocycles. The Balaban J connectivity index is 1.89. The van der Waals surface area contributed by atoms with E-state index in [0.717, 1.165) is 18.4 Å². The van der Waals surface area contributed by atoms with E-state index in [9.17, 15) is 4.79 Å². The number of rotatable bonds is 9. The molecular weight excluding hydrogens is 358 g/mol. The normalized spacial score (nSPS) is 15.8. The number of allylic oxidation sites excluding steroid dienone is 1. The number of anilines is 1. The largest absolute Gasteiger partial charge is 0.493 e. The molecule has 150 valence electrons. The second-order valence-electron chi connectivity index (χ2n) is 6.78. The Hall–Kier alpha value is -3.03. The zero-order valence-electron chi connectivity index (χ0n) is 16.6. The minimum absolute atomic E-state index is 0.438. The predicted molar refractivity (Wildman–Crippen MR) is 106 cm³/mol. The summed E-state index contributed by atoms with van der Waals surface area (Å²) in [6, 6.07) is 5.14. The van der Waals surface area contributed by atoms with Gasteiger partial charge in [0.1, 0.15) is 12.4 Å². The highest BCUT2D eigenvalue weighted by Crippen LogP contribution is 2.38. The smallest absolute Gasteiger partial charge is 0.248 e. The number of carbonyl (C=O) groups excluding carboxylic acids is 1. The number of nitrogens with two attached hydrogens (primary N) is 1. The number of ether oxygens (including phenoxy) is 2. The van der Waals surface area contributed by atoms with Gasteiger partial charge in [0, 0.05) is 5.70 Å². The Bertz CT molecular complexity index is 874. The van der Waals surface area contributed by atoms with Gasteiger partial charge in [-0.05, 0) is 31.0 Å². The molecule has 1 aliphatic rings. The van der Waals surface area contributed by atoms with Crippen LogP contribution >= 0.6 is 0 Å². The van der Waals surface area contributed by atoms with Crippen LogP contribution in [0.2, 0.25) is 0 Å². The zero-order chi connectivity index (χ0) is 20.1. The van der Waals surface area contributed by atoms with E-state index < -0.39 is 11.9 Å². The standard InChI is InChI=1S/C20H27N5O3/c1-4-5-6-7-10-28-15-9-8-14(11-16(15)27-3)18-17(19(21)26)13(2)24-20-22-12-23-25(18)20/h8-9,11-12,18H,4-7,10H2,1-3H3,(H2,21,26)(H,22,23,24). The molecule has 2 heterocycles. The third kappa shape index (κ3) is 3.95. The van der Waals surface area contributed by atoms with E-state index in [1.165, 1.54) is 19.2 Å². The first-order chi connectivity index (χ1) is 13.6. The highest BCUT2D eigenvalue weighted by atomic mass is 16.5. The fourth-order valence-electron chi connectivity index (χ4n) is 3.40. The summed E-state index contributed by atoms with van der Waals surface area (Å²) in [6.45, 7) is 4.62. The summed E-state index contributed by atoms with van der Waals surface area (Å²) in [5, 5.41) is 7.33. The number of primary amides is 1. The van der Waals surface area contributed by atoms with Crippen LogP contribution < -0.4 is 20.5 Å². The number of nitrogens with zero attached hydrogens (tertiary/aromatic N) is 3. The molecule has 0 fully saturated rings. The molecule has 0 saturated carbocycles. The molecule has 3 rings (SSSR count). The monoisotopic (exact) mass is 385 g/mol. The second kappa shape index (κ2) is 8.77. The summed E-state index contributed by atoms with van der Waals surface area (Å²) in [5.41, 5.74) is 7.58. The van der Waals surface area contributed by atoms with Crippen LogP contribution in [0.4, 0.5) is 5.95 Å². The van der Waals surface area contributed by atoms with Gasteiger partial charge in [0.05, 0.1) is 19.3 Å².